The minimum atomic E-state index is -0.228. The van der Waals surface area contributed by atoms with Crippen LogP contribution in [0.3, 0.4) is 0 Å². The normalized spacial score (nSPS) is 41.3. The molecule has 19 heavy (non-hydrogen) atoms. The zero-order valence-electron chi connectivity index (χ0n) is 11.0. The Morgan fingerprint density at radius 1 is 1.05 bits per heavy atom. The number of nitrogens with zero attached hydrogens (tertiary/aromatic N) is 1. The van der Waals surface area contributed by atoms with Crippen LogP contribution in [0.15, 0.2) is 60.4 Å². The molecule has 1 heterocycles. The molecular weight excluding hydrogens is 234 g/mol. The molecule has 4 aliphatic rings. The molecule has 3 atom stereocenters. The van der Waals surface area contributed by atoms with Crippen molar-refractivity contribution in [3.05, 3.63) is 60.4 Å². The summed E-state index contributed by atoms with van der Waals surface area (Å²) in [7, 11) is 0. The second-order valence-electron chi connectivity index (χ2n) is 5.64. The van der Waals surface area contributed by atoms with Gasteiger partial charge in [0.2, 0.25) is 5.91 Å². The zero-order valence-corrected chi connectivity index (χ0v) is 11.0. The number of hydrogen-bond acceptors (Lipinski definition) is 1. The maximum atomic E-state index is 12.9. The van der Waals surface area contributed by atoms with Crippen LogP contribution in [0.5, 0.6) is 0 Å². The fourth-order valence-electron chi connectivity index (χ4n) is 4.16. The predicted molar refractivity (Wildman–Crippen MR) is 74.9 cm³/mol. The monoisotopic (exact) mass is 251 g/mol. The molecule has 0 radical (unpaired) electrons. The second kappa shape index (κ2) is 3.60. The highest BCUT2D eigenvalue weighted by atomic mass is 16.2. The Labute approximate surface area is 113 Å². The molecule has 1 saturated heterocycles. The lowest BCUT2D eigenvalue weighted by Gasteiger charge is -2.16. The number of allylic oxidation sites excluding steroid dienone is 9. The van der Waals surface area contributed by atoms with E-state index in [1.165, 1.54) is 5.70 Å². The molecule has 3 unspecified atom stereocenters. The first kappa shape index (κ1) is 11.0. The van der Waals surface area contributed by atoms with Crippen LogP contribution in [0.1, 0.15) is 6.92 Å². The molecule has 0 aromatic carbocycles. The van der Waals surface area contributed by atoms with E-state index >= 15 is 0 Å². The van der Waals surface area contributed by atoms with Crippen molar-refractivity contribution in [1.82, 2.24) is 4.90 Å². The Balaban J connectivity index is 1.87. The molecule has 0 aromatic rings. The number of likely N-dealkylation sites (tertiary alicyclic amines) is 1. The van der Waals surface area contributed by atoms with Crippen molar-refractivity contribution in [2.24, 2.45) is 23.2 Å². The molecule has 0 N–H and O–H groups in total. The van der Waals surface area contributed by atoms with E-state index in [0.717, 1.165) is 6.54 Å². The van der Waals surface area contributed by atoms with Crippen molar-refractivity contribution >= 4 is 5.91 Å². The average Bonchev–Trinajstić information content (AvgIpc) is 3.10. The summed E-state index contributed by atoms with van der Waals surface area (Å²) >= 11 is 0. The second-order valence-corrected chi connectivity index (χ2v) is 5.64. The van der Waals surface area contributed by atoms with Gasteiger partial charge in [-0.3, -0.25) is 4.79 Å². The molecule has 2 fully saturated rings. The van der Waals surface area contributed by atoms with E-state index in [0.29, 0.717) is 17.7 Å². The lowest BCUT2D eigenvalue weighted by molar-refractivity contribution is -0.132. The SMILES string of the molecule is CCN1C(=O)C2(C3C=CC=CC=C31)C1C=CC=CC12. The lowest BCUT2D eigenvalue weighted by atomic mass is 9.86. The number of carbonyl (C=O) groups is 1. The summed E-state index contributed by atoms with van der Waals surface area (Å²) < 4.78 is 0. The number of fused-ring (bicyclic) bond motifs is 5. The summed E-state index contributed by atoms with van der Waals surface area (Å²) in [6.45, 7) is 2.82. The molecule has 1 aliphatic heterocycles. The van der Waals surface area contributed by atoms with E-state index in [2.05, 4.69) is 55.5 Å². The Bertz CT molecular complexity index is 572. The van der Waals surface area contributed by atoms with Gasteiger partial charge in [0.15, 0.2) is 0 Å². The van der Waals surface area contributed by atoms with Crippen LogP contribution in [-0.2, 0) is 4.79 Å². The van der Waals surface area contributed by atoms with Gasteiger partial charge >= 0.3 is 0 Å². The summed E-state index contributed by atoms with van der Waals surface area (Å²) in [5.74, 6) is 1.32. The van der Waals surface area contributed by atoms with Crippen molar-refractivity contribution in [3.63, 3.8) is 0 Å². The standard InChI is InChI=1S/C17H17NO/c1-2-18-15-11-5-3-4-10-14(15)17(16(18)19)12-8-6-7-9-13(12)17/h3-14H,2H2,1H3. The Kier molecular flexibility index (Phi) is 2.09. The predicted octanol–water partition coefficient (Wildman–Crippen LogP) is 2.83. The van der Waals surface area contributed by atoms with Gasteiger partial charge in [-0.25, -0.2) is 0 Å². The first-order valence-corrected chi connectivity index (χ1v) is 7.03. The van der Waals surface area contributed by atoms with E-state index in [9.17, 15) is 4.79 Å². The Morgan fingerprint density at radius 3 is 2.42 bits per heavy atom. The topological polar surface area (TPSA) is 20.3 Å². The Hall–Kier alpha value is -1.83. The van der Waals surface area contributed by atoms with Crippen LogP contribution in [0, 0.1) is 23.2 Å². The van der Waals surface area contributed by atoms with E-state index in [1.54, 1.807) is 0 Å². The summed E-state index contributed by atoms with van der Waals surface area (Å²) in [5.41, 5.74) is 0.946. The van der Waals surface area contributed by atoms with Crippen molar-refractivity contribution in [1.29, 1.82) is 0 Å². The van der Waals surface area contributed by atoms with Gasteiger partial charge in [-0.05, 0) is 13.0 Å². The lowest BCUT2D eigenvalue weighted by Crippen LogP contribution is -2.28. The van der Waals surface area contributed by atoms with Crippen molar-refractivity contribution in [3.8, 4) is 0 Å². The number of hydrogen-bond donors (Lipinski definition) is 0. The maximum Gasteiger partial charge on any atom is 0.235 e. The highest BCUT2D eigenvalue weighted by Crippen LogP contribution is 2.71. The summed E-state index contributed by atoms with van der Waals surface area (Å²) in [4.78, 5) is 14.9. The van der Waals surface area contributed by atoms with Gasteiger partial charge in [-0.2, -0.15) is 0 Å². The molecular formula is C17H17NO. The van der Waals surface area contributed by atoms with Gasteiger partial charge in [0.05, 0.1) is 5.41 Å². The molecule has 0 bridgehead atoms. The van der Waals surface area contributed by atoms with Crippen molar-refractivity contribution in [2.75, 3.05) is 6.54 Å². The first-order valence-electron chi connectivity index (χ1n) is 7.03. The van der Waals surface area contributed by atoms with Gasteiger partial charge < -0.3 is 4.90 Å². The van der Waals surface area contributed by atoms with Crippen LogP contribution in [0.4, 0.5) is 0 Å². The van der Waals surface area contributed by atoms with E-state index in [1.807, 2.05) is 11.0 Å². The molecule has 3 aliphatic carbocycles. The van der Waals surface area contributed by atoms with Crippen LogP contribution in [0.25, 0.3) is 0 Å². The molecule has 4 rings (SSSR count). The molecule has 96 valence electrons. The zero-order chi connectivity index (χ0) is 13.0. The fraction of sp³-hybridized carbons (Fsp3) is 0.353. The van der Waals surface area contributed by atoms with Gasteiger partial charge in [0.1, 0.15) is 0 Å². The number of rotatable bonds is 1. The maximum absolute atomic E-state index is 12.9. The van der Waals surface area contributed by atoms with E-state index in [-0.39, 0.29) is 11.3 Å². The van der Waals surface area contributed by atoms with E-state index < -0.39 is 0 Å². The third-order valence-electron chi connectivity index (χ3n) is 5.00. The molecule has 1 saturated carbocycles. The summed E-state index contributed by atoms with van der Waals surface area (Å²) in [6.07, 6.45) is 19.1. The van der Waals surface area contributed by atoms with Crippen LogP contribution >= 0.6 is 0 Å². The third-order valence-corrected chi connectivity index (χ3v) is 5.00. The fourth-order valence-corrected chi connectivity index (χ4v) is 4.16. The Morgan fingerprint density at radius 2 is 1.74 bits per heavy atom. The summed E-state index contributed by atoms with van der Waals surface area (Å²) in [6, 6.07) is 0. The number of carbonyl (C=O) groups excluding carboxylic acids is 1. The van der Waals surface area contributed by atoms with Crippen LogP contribution in [-0.4, -0.2) is 17.4 Å². The van der Waals surface area contributed by atoms with Crippen LogP contribution < -0.4 is 0 Å². The summed E-state index contributed by atoms with van der Waals surface area (Å²) in [5, 5.41) is 0. The van der Waals surface area contributed by atoms with Crippen molar-refractivity contribution in [2.45, 2.75) is 6.92 Å². The minimum Gasteiger partial charge on any atom is -0.315 e. The van der Waals surface area contributed by atoms with Gasteiger partial charge in [-0.15, -0.1) is 0 Å². The van der Waals surface area contributed by atoms with Gasteiger partial charge in [0, 0.05) is 30.0 Å². The van der Waals surface area contributed by atoms with E-state index in [4.69, 9.17) is 0 Å². The minimum absolute atomic E-state index is 0.228. The highest BCUT2D eigenvalue weighted by molar-refractivity contribution is 5.94. The van der Waals surface area contributed by atoms with Crippen molar-refractivity contribution < 1.29 is 4.79 Å². The average molecular weight is 251 g/mol. The highest BCUT2D eigenvalue weighted by Gasteiger charge is 2.75. The quantitative estimate of drug-likeness (QED) is 0.701. The third kappa shape index (κ3) is 1.15. The smallest absolute Gasteiger partial charge is 0.235 e. The van der Waals surface area contributed by atoms with Crippen LogP contribution in [0.2, 0.25) is 0 Å². The molecule has 2 heteroatoms. The molecule has 0 aromatic heterocycles. The largest absolute Gasteiger partial charge is 0.315 e. The van der Waals surface area contributed by atoms with Gasteiger partial charge in [-0.1, -0.05) is 48.6 Å². The molecule has 1 amide bonds. The molecule has 1 spiro atoms. The van der Waals surface area contributed by atoms with Gasteiger partial charge in [0.25, 0.3) is 0 Å². The number of amides is 1. The first-order chi connectivity index (χ1) is 9.31. The molecule has 2 nitrogen and oxygen atoms in total.